The van der Waals surface area contributed by atoms with E-state index in [0.29, 0.717) is 6.04 Å². The average Bonchev–Trinajstić information content (AvgIpc) is 3.07. The zero-order valence-electron chi connectivity index (χ0n) is 12.0. The van der Waals surface area contributed by atoms with Crippen molar-refractivity contribution in [1.29, 1.82) is 0 Å². The number of benzene rings is 1. The fourth-order valence-electron chi connectivity index (χ4n) is 3.21. The Kier molecular flexibility index (Phi) is 4.03. The maximum atomic E-state index is 12.3. The Labute approximate surface area is 120 Å². The van der Waals surface area contributed by atoms with Gasteiger partial charge in [-0.3, -0.25) is 10.2 Å². The average molecular weight is 273 g/mol. The highest BCUT2D eigenvalue weighted by Crippen LogP contribution is 2.25. The molecule has 0 spiro atoms. The predicted molar refractivity (Wildman–Crippen MR) is 80.5 cm³/mol. The van der Waals surface area contributed by atoms with Crippen LogP contribution in [-0.2, 0) is 17.6 Å². The number of rotatable bonds is 4. The van der Waals surface area contributed by atoms with Gasteiger partial charge < -0.3 is 5.32 Å². The summed E-state index contributed by atoms with van der Waals surface area (Å²) in [5, 5.41) is 3.03. The second kappa shape index (κ2) is 5.94. The van der Waals surface area contributed by atoms with Gasteiger partial charge in [0.1, 0.15) is 6.04 Å². The van der Waals surface area contributed by atoms with Gasteiger partial charge in [-0.1, -0.05) is 19.4 Å². The van der Waals surface area contributed by atoms with Crippen LogP contribution in [0.2, 0.25) is 0 Å². The molecule has 1 aromatic carbocycles. The van der Waals surface area contributed by atoms with E-state index in [4.69, 9.17) is 0 Å². The van der Waals surface area contributed by atoms with Gasteiger partial charge in [-0.15, -0.1) is 0 Å². The number of carbonyl (C=O) groups excluding carboxylic acids is 1. The number of carbonyl (C=O) groups is 1. The van der Waals surface area contributed by atoms with E-state index in [1.165, 1.54) is 24.0 Å². The van der Waals surface area contributed by atoms with E-state index in [1.54, 1.807) is 0 Å². The normalized spacial score (nSPS) is 24.6. The van der Waals surface area contributed by atoms with Gasteiger partial charge in [0.2, 0.25) is 5.91 Å². The lowest BCUT2D eigenvalue weighted by Gasteiger charge is -2.11. The number of aryl methyl sites for hydroxylation is 2. The molecule has 108 valence electrons. The summed E-state index contributed by atoms with van der Waals surface area (Å²) >= 11 is 0. The molecule has 1 amide bonds. The first-order valence-electron chi connectivity index (χ1n) is 7.70. The number of hydrazine groups is 1. The van der Waals surface area contributed by atoms with Gasteiger partial charge in [0, 0.05) is 11.7 Å². The van der Waals surface area contributed by atoms with Crippen LogP contribution in [0.1, 0.15) is 43.7 Å². The van der Waals surface area contributed by atoms with Gasteiger partial charge in [-0.05, 0) is 55.4 Å². The van der Waals surface area contributed by atoms with Gasteiger partial charge in [-0.25, -0.2) is 5.43 Å². The highest BCUT2D eigenvalue weighted by molar-refractivity contribution is 5.95. The minimum Gasteiger partial charge on any atom is -0.325 e. The summed E-state index contributed by atoms with van der Waals surface area (Å²) in [5.74, 6) is 0.0639. The van der Waals surface area contributed by atoms with Gasteiger partial charge in [-0.2, -0.15) is 0 Å². The summed E-state index contributed by atoms with van der Waals surface area (Å²) in [5.41, 5.74) is 10.1. The summed E-state index contributed by atoms with van der Waals surface area (Å²) in [4.78, 5) is 12.3. The van der Waals surface area contributed by atoms with Crippen LogP contribution in [0.15, 0.2) is 18.2 Å². The molecule has 0 radical (unpaired) electrons. The number of amides is 1. The molecule has 4 nitrogen and oxygen atoms in total. The Morgan fingerprint density at radius 3 is 3.00 bits per heavy atom. The van der Waals surface area contributed by atoms with Gasteiger partial charge in [0.05, 0.1) is 0 Å². The molecule has 1 saturated heterocycles. The molecule has 1 heterocycles. The highest BCUT2D eigenvalue weighted by Gasteiger charge is 2.28. The van der Waals surface area contributed by atoms with Gasteiger partial charge in [0.15, 0.2) is 0 Å². The Hall–Kier alpha value is -1.39. The van der Waals surface area contributed by atoms with E-state index >= 15 is 0 Å². The number of hydrogen-bond acceptors (Lipinski definition) is 3. The molecule has 20 heavy (non-hydrogen) atoms. The van der Waals surface area contributed by atoms with Gasteiger partial charge >= 0.3 is 0 Å². The summed E-state index contributed by atoms with van der Waals surface area (Å²) in [6.45, 7) is 2.17. The van der Waals surface area contributed by atoms with E-state index in [0.717, 1.165) is 31.4 Å². The third-order valence-corrected chi connectivity index (χ3v) is 4.30. The van der Waals surface area contributed by atoms with Crippen LogP contribution in [0, 0.1) is 0 Å². The van der Waals surface area contributed by atoms with Crippen LogP contribution < -0.4 is 16.2 Å². The molecule has 0 bridgehead atoms. The molecule has 1 aliphatic heterocycles. The third-order valence-electron chi connectivity index (χ3n) is 4.30. The first kappa shape index (κ1) is 13.6. The largest absolute Gasteiger partial charge is 0.325 e. The Morgan fingerprint density at radius 2 is 2.15 bits per heavy atom. The van der Waals surface area contributed by atoms with Crippen LogP contribution in [-0.4, -0.2) is 18.0 Å². The summed E-state index contributed by atoms with van der Waals surface area (Å²) in [7, 11) is 0. The molecule has 0 aromatic heterocycles. The van der Waals surface area contributed by atoms with Gasteiger partial charge in [0.25, 0.3) is 0 Å². The van der Waals surface area contributed by atoms with E-state index in [2.05, 4.69) is 35.2 Å². The zero-order chi connectivity index (χ0) is 13.9. The van der Waals surface area contributed by atoms with Crippen LogP contribution >= 0.6 is 0 Å². The van der Waals surface area contributed by atoms with E-state index in [-0.39, 0.29) is 11.9 Å². The SMILES string of the molecule is CCCC1CC(C(=O)Nc2ccc3c(c2)CCC3)NN1. The van der Waals surface area contributed by atoms with Crippen LogP contribution in [0.5, 0.6) is 0 Å². The minimum atomic E-state index is -0.125. The van der Waals surface area contributed by atoms with E-state index in [9.17, 15) is 4.79 Å². The summed E-state index contributed by atoms with van der Waals surface area (Å²) < 4.78 is 0. The molecular formula is C16H23N3O. The van der Waals surface area contributed by atoms with E-state index < -0.39 is 0 Å². The lowest BCUT2D eigenvalue weighted by Crippen LogP contribution is -2.40. The summed E-state index contributed by atoms with van der Waals surface area (Å²) in [6.07, 6.45) is 6.66. The van der Waals surface area contributed by atoms with Crippen molar-refractivity contribution >= 4 is 11.6 Å². The van der Waals surface area contributed by atoms with E-state index in [1.807, 2.05) is 6.07 Å². The first-order chi connectivity index (χ1) is 9.76. The van der Waals surface area contributed by atoms with Crippen molar-refractivity contribution in [2.45, 2.75) is 57.5 Å². The Morgan fingerprint density at radius 1 is 1.30 bits per heavy atom. The van der Waals surface area contributed by atoms with Crippen molar-refractivity contribution in [3.63, 3.8) is 0 Å². The quantitative estimate of drug-likeness (QED) is 0.788. The molecular weight excluding hydrogens is 250 g/mol. The molecule has 3 rings (SSSR count). The number of anilines is 1. The smallest absolute Gasteiger partial charge is 0.242 e. The molecule has 0 saturated carbocycles. The predicted octanol–water partition coefficient (Wildman–Crippen LogP) is 2.15. The fraction of sp³-hybridized carbons (Fsp3) is 0.562. The van der Waals surface area contributed by atoms with Crippen molar-refractivity contribution in [2.24, 2.45) is 0 Å². The Balaban J connectivity index is 1.59. The fourth-order valence-corrected chi connectivity index (χ4v) is 3.21. The maximum absolute atomic E-state index is 12.3. The molecule has 2 aliphatic rings. The van der Waals surface area contributed by atoms with Crippen molar-refractivity contribution in [1.82, 2.24) is 10.9 Å². The molecule has 1 fully saturated rings. The van der Waals surface area contributed by atoms with Crippen molar-refractivity contribution in [3.05, 3.63) is 29.3 Å². The van der Waals surface area contributed by atoms with Crippen molar-refractivity contribution < 1.29 is 4.79 Å². The minimum absolute atomic E-state index is 0.0639. The second-order valence-electron chi connectivity index (χ2n) is 5.89. The number of hydrogen-bond donors (Lipinski definition) is 3. The zero-order valence-corrected chi connectivity index (χ0v) is 12.0. The van der Waals surface area contributed by atoms with Crippen LogP contribution in [0.3, 0.4) is 0 Å². The molecule has 1 aromatic rings. The lowest BCUT2D eigenvalue weighted by molar-refractivity contribution is -0.117. The maximum Gasteiger partial charge on any atom is 0.242 e. The van der Waals surface area contributed by atoms with Crippen molar-refractivity contribution in [3.8, 4) is 0 Å². The topological polar surface area (TPSA) is 53.2 Å². The molecule has 3 N–H and O–H groups in total. The van der Waals surface area contributed by atoms with Crippen LogP contribution in [0.25, 0.3) is 0 Å². The molecule has 2 atom stereocenters. The summed E-state index contributed by atoms with van der Waals surface area (Å²) in [6, 6.07) is 6.59. The third kappa shape index (κ3) is 2.86. The Bertz CT molecular complexity index is 500. The molecule has 4 heteroatoms. The first-order valence-corrected chi connectivity index (χ1v) is 7.70. The standard InChI is InChI=1S/C16H23N3O/c1-2-4-14-10-15(19-18-14)16(20)17-13-8-7-11-5-3-6-12(11)9-13/h7-9,14-15,18-19H,2-6,10H2,1H3,(H,17,20). The van der Waals surface area contributed by atoms with Crippen LogP contribution in [0.4, 0.5) is 5.69 Å². The molecule has 2 unspecified atom stereocenters. The molecule has 1 aliphatic carbocycles. The number of nitrogens with one attached hydrogen (secondary N) is 3. The lowest BCUT2D eigenvalue weighted by atomic mass is 10.1. The van der Waals surface area contributed by atoms with Crippen molar-refractivity contribution in [2.75, 3.05) is 5.32 Å². The monoisotopic (exact) mass is 273 g/mol. The highest BCUT2D eigenvalue weighted by atomic mass is 16.2. The number of fused-ring (bicyclic) bond motifs is 1. The second-order valence-corrected chi connectivity index (χ2v) is 5.89.